The highest BCUT2D eigenvalue weighted by Gasteiger charge is 2.56. The second-order valence-electron chi connectivity index (χ2n) is 4.52. The fourth-order valence-electron chi connectivity index (χ4n) is 1.95. The van der Waals surface area contributed by atoms with Gasteiger partial charge in [-0.05, 0) is 44.0 Å². The monoisotopic (exact) mass is 270 g/mol. The number of nitrogens with two attached hydrogens (primary N) is 2. The highest BCUT2D eigenvalue weighted by molar-refractivity contribution is 8.30. The molecule has 0 unspecified atom stereocenters. The van der Waals surface area contributed by atoms with Gasteiger partial charge in [0.15, 0.2) is 0 Å². The van der Waals surface area contributed by atoms with E-state index in [0.717, 1.165) is 0 Å². The molecule has 0 heterocycles. The van der Waals surface area contributed by atoms with Gasteiger partial charge in [0.1, 0.15) is 0 Å². The minimum absolute atomic E-state index is 0.159. The smallest absolute Gasteiger partial charge is 0.392 e. The Bertz CT molecular complexity index is 537. The van der Waals surface area contributed by atoms with Gasteiger partial charge < -0.3 is 10.5 Å². The van der Waals surface area contributed by atoms with Crippen molar-refractivity contribution in [1.29, 1.82) is 0 Å². The van der Waals surface area contributed by atoms with Gasteiger partial charge in [-0.15, -0.1) is 0 Å². The lowest BCUT2D eigenvalue weighted by Crippen LogP contribution is -2.54. The van der Waals surface area contributed by atoms with Gasteiger partial charge in [0, 0.05) is 15.8 Å². The Hall–Kier alpha value is -1.40. The van der Waals surface area contributed by atoms with E-state index in [-0.39, 0.29) is 11.9 Å². The van der Waals surface area contributed by atoms with Gasteiger partial charge in [0.05, 0.1) is 15.9 Å². The molecule has 4 N–H and O–H groups in total. The predicted molar refractivity (Wildman–Crippen MR) is 71.5 cm³/mol. The summed E-state index contributed by atoms with van der Waals surface area (Å²) in [5.41, 5.74) is 6.13. The van der Waals surface area contributed by atoms with E-state index in [1.165, 1.54) is 0 Å². The lowest BCUT2D eigenvalue weighted by Gasteiger charge is -2.35. The van der Waals surface area contributed by atoms with E-state index in [0.29, 0.717) is 23.4 Å². The third-order valence-electron chi connectivity index (χ3n) is 3.16. The van der Waals surface area contributed by atoms with Crippen LogP contribution in [0, 0.1) is 0 Å². The third kappa shape index (κ3) is 1.81. The Morgan fingerprint density at radius 3 is 2.39 bits per heavy atom. The molecule has 0 bridgehead atoms. The molecule has 1 aliphatic carbocycles. The molecular formula is C12H18N2O3S. The van der Waals surface area contributed by atoms with Crippen LogP contribution in [0.3, 0.4) is 0 Å². The SMILES string of the molecule is CCOC(=O)S(N)(=O)(c1ccc(N)cc1)C1CC1. The molecule has 0 saturated heterocycles. The van der Waals surface area contributed by atoms with E-state index in [1.807, 2.05) is 0 Å². The van der Waals surface area contributed by atoms with Crippen LogP contribution in [0.5, 0.6) is 0 Å². The maximum atomic E-state index is 13.2. The number of anilines is 1. The van der Waals surface area contributed by atoms with Crippen LogP contribution in [0.25, 0.3) is 0 Å². The topological polar surface area (TPSA) is 95.4 Å². The highest BCUT2D eigenvalue weighted by Crippen LogP contribution is 2.47. The summed E-state index contributed by atoms with van der Waals surface area (Å²) in [6, 6.07) is 6.30. The van der Waals surface area contributed by atoms with Crippen molar-refractivity contribution in [3.63, 3.8) is 0 Å². The van der Waals surface area contributed by atoms with Gasteiger partial charge in [-0.25, -0.2) is 4.79 Å². The van der Waals surface area contributed by atoms with Crippen LogP contribution in [-0.2, 0) is 14.0 Å². The first kappa shape index (κ1) is 13.0. The van der Waals surface area contributed by atoms with Crippen molar-refractivity contribution < 1.29 is 13.7 Å². The first-order valence-electron chi connectivity index (χ1n) is 5.88. The van der Waals surface area contributed by atoms with Crippen LogP contribution < -0.4 is 10.9 Å². The first-order valence-corrected chi connectivity index (χ1v) is 7.97. The molecule has 0 spiro atoms. The molecule has 0 aliphatic heterocycles. The highest BCUT2D eigenvalue weighted by atomic mass is 32.3. The van der Waals surface area contributed by atoms with Gasteiger partial charge in [0.2, 0.25) is 0 Å². The van der Waals surface area contributed by atoms with Crippen LogP contribution in [0.2, 0.25) is 0 Å². The first-order chi connectivity index (χ1) is 8.39. The third-order valence-corrected chi connectivity index (χ3v) is 7.00. The number of carbonyl (C=O) groups excluding carboxylic acids is 1. The molecule has 5 nitrogen and oxygen atoms in total. The van der Waals surface area contributed by atoms with E-state index in [2.05, 4.69) is 0 Å². The molecule has 0 amide bonds. The molecule has 0 aromatic heterocycles. The summed E-state index contributed by atoms with van der Waals surface area (Å²) in [6.07, 6.45) is 1.37. The fraction of sp³-hybridized carbons (Fsp3) is 0.417. The molecule has 1 aromatic carbocycles. The van der Waals surface area contributed by atoms with Gasteiger partial charge in [-0.1, -0.05) is 0 Å². The number of hydrogen-bond donors (Lipinski definition) is 2. The average molecular weight is 270 g/mol. The standard InChI is InChI=1S/C12H18N2O3S/c1-2-17-12(15)18(14,16,11-7-8-11)10-5-3-9(13)4-6-10/h3-6,11H,2,7-8,13H2,1H3,(H2,14,16). The quantitative estimate of drug-likeness (QED) is 0.644. The molecule has 6 heteroatoms. The van der Waals surface area contributed by atoms with Crippen LogP contribution in [0.4, 0.5) is 10.5 Å². The summed E-state index contributed by atoms with van der Waals surface area (Å²) in [6.45, 7) is 1.83. The lowest BCUT2D eigenvalue weighted by molar-refractivity contribution is 0.178. The minimum atomic E-state index is -4.11. The molecule has 1 saturated carbocycles. The van der Waals surface area contributed by atoms with E-state index in [1.54, 1.807) is 31.2 Å². The Balaban J connectivity index is 2.53. The van der Waals surface area contributed by atoms with Crippen molar-refractivity contribution in [2.45, 2.75) is 29.9 Å². The van der Waals surface area contributed by atoms with Crippen LogP contribution in [-0.4, -0.2) is 21.4 Å². The normalized spacial score (nSPS) is 17.8. The fourth-order valence-corrected chi connectivity index (χ4v) is 4.93. The number of rotatable bonds is 3. The van der Waals surface area contributed by atoms with Gasteiger partial charge in [0.25, 0.3) is 0 Å². The van der Waals surface area contributed by atoms with Crippen molar-refractivity contribution in [3.8, 4) is 0 Å². The summed E-state index contributed by atoms with van der Waals surface area (Å²) >= 11 is 0. The Morgan fingerprint density at radius 2 is 1.94 bits per heavy atom. The zero-order valence-corrected chi connectivity index (χ0v) is 11.1. The zero-order chi connectivity index (χ0) is 13.4. The van der Waals surface area contributed by atoms with E-state index in [9.17, 15) is 9.00 Å². The largest absolute Gasteiger partial charge is 0.456 e. The maximum Gasteiger partial charge on any atom is 0.392 e. The molecule has 0 radical (unpaired) electrons. The number of nitrogen functional groups attached to an aromatic ring is 1. The summed E-state index contributed by atoms with van der Waals surface area (Å²) in [5, 5.41) is 4.97. The van der Waals surface area contributed by atoms with Crippen molar-refractivity contribution in [3.05, 3.63) is 24.3 Å². The molecular weight excluding hydrogens is 252 g/mol. The predicted octanol–water partition coefficient (Wildman–Crippen LogP) is 1.64. The Morgan fingerprint density at radius 1 is 1.39 bits per heavy atom. The summed E-state index contributed by atoms with van der Waals surface area (Å²) < 4.78 is 18.2. The number of benzene rings is 1. The van der Waals surface area contributed by atoms with Crippen LogP contribution in [0.15, 0.2) is 29.2 Å². The number of carbonyl (C=O) groups is 1. The molecule has 1 fully saturated rings. The van der Waals surface area contributed by atoms with Gasteiger partial charge >= 0.3 is 5.30 Å². The second kappa shape index (κ2) is 4.07. The van der Waals surface area contributed by atoms with E-state index < -0.39 is 14.6 Å². The lowest BCUT2D eigenvalue weighted by atomic mass is 10.3. The zero-order valence-electron chi connectivity index (χ0n) is 10.3. The summed E-state index contributed by atoms with van der Waals surface area (Å²) in [7, 11) is -4.11. The Labute approximate surface area is 106 Å². The molecule has 2 rings (SSSR count). The second-order valence-corrected chi connectivity index (χ2v) is 8.13. The number of ether oxygens (including phenoxy) is 1. The van der Waals surface area contributed by atoms with Crippen molar-refractivity contribution in [2.24, 2.45) is 5.14 Å². The Kier molecular flexibility index (Phi) is 2.95. The van der Waals surface area contributed by atoms with Gasteiger partial charge in [-0.2, -0.15) is 0 Å². The summed E-state index contributed by atoms with van der Waals surface area (Å²) in [5.74, 6) is 0. The van der Waals surface area contributed by atoms with Crippen LogP contribution in [0.1, 0.15) is 19.8 Å². The van der Waals surface area contributed by atoms with E-state index in [4.69, 9.17) is 15.6 Å². The number of hydrogen-bond acceptors (Lipinski definition) is 4. The molecule has 18 heavy (non-hydrogen) atoms. The van der Waals surface area contributed by atoms with E-state index >= 15 is 0 Å². The van der Waals surface area contributed by atoms with Crippen molar-refractivity contribution in [2.75, 3.05) is 12.3 Å². The van der Waals surface area contributed by atoms with Crippen molar-refractivity contribution >= 4 is 20.2 Å². The molecule has 100 valence electrons. The molecule has 1 aliphatic rings. The summed E-state index contributed by atoms with van der Waals surface area (Å²) in [4.78, 5) is 12.4. The van der Waals surface area contributed by atoms with Crippen LogP contribution >= 0.6 is 0 Å². The van der Waals surface area contributed by atoms with Gasteiger partial charge in [-0.3, -0.25) is 9.35 Å². The van der Waals surface area contributed by atoms with Crippen molar-refractivity contribution in [1.82, 2.24) is 0 Å². The minimum Gasteiger partial charge on any atom is -0.456 e. The molecule has 0 atom stereocenters. The average Bonchev–Trinajstić information content (AvgIpc) is 3.14. The molecule has 1 aromatic rings. The maximum absolute atomic E-state index is 13.2.